The SMILES string of the molecule is Cc1cc(C(=O)C(Cl)c2ccccc2)cc(C)c1Cl. The van der Waals surface area contributed by atoms with Gasteiger partial charge in [-0.05, 0) is 42.7 Å². The van der Waals surface area contributed by atoms with E-state index in [0.717, 1.165) is 16.7 Å². The number of alkyl halides is 1. The summed E-state index contributed by atoms with van der Waals surface area (Å²) in [4.78, 5) is 12.4. The molecule has 3 heteroatoms. The highest BCUT2D eigenvalue weighted by molar-refractivity contribution is 6.34. The second-order valence-corrected chi connectivity index (χ2v) is 5.38. The second kappa shape index (κ2) is 5.77. The lowest BCUT2D eigenvalue weighted by Gasteiger charge is -2.11. The van der Waals surface area contributed by atoms with Crippen LogP contribution < -0.4 is 0 Å². The Kier molecular flexibility index (Phi) is 4.28. The zero-order chi connectivity index (χ0) is 14.0. The molecule has 0 saturated carbocycles. The number of carbonyl (C=O) groups is 1. The van der Waals surface area contributed by atoms with Crippen molar-refractivity contribution in [2.24, 2.45) is 0 Å². The number of benzene rings is 2. The Balaban J connectivity index is 2.35. The predicted octanol–water partition coefficient (Wildman–Crippen LogP) is 5.12. The van der Waals surface area contributed by atoms with Gasteiger partial charge < -0.3 is 0 Å². The molecule has 0 aliphatic carbocycles. The quantitative estimate of drug-likeness (QED) is 0.567. The van der Waals surface area contributed by atoms with E-state index in [2.05, 4.69) is 0 Å². The summed E-state index contributed by atoms with van der Waals surface area (Å²) in [6.07, 6.45) is 0. The van der Waals surface area contributed by atoms with Crippen LogP contribution in [0.5, 0.6) is 0 Å². The number of Topliss-reactive ketones (excluding diaryl/α,β-unsaturated/α-hetero) is 1. The van der Waals surface area contributed by atoms with Crippen LogP contribution in [-0.2, 0) is 0 Å². The molecule has 2 rings (SSSR count). The lowest BCUT2D eigenvalue weighted by Crippen LogP contribution is -2.08. The van der Waals surface area contributed by atoms with E-state index in [9.17, 15) is 4.79 Å². The summed E-state index contributed by atoms with van der Waals surface area (Å²) in [6, 6.07) is 12.9. The van der Waals surface area contributed by atoms with Crippen LogP contribution in [0.25, 0.3) is 0 Å². The summed E-state index contributed by atoms with van der Waals surface area (Å²) in [7, 11) is 0. The third-order valence-corrected chi connectivity index (χ3v) is 4.09. The number of hydrogen-bond donors (Lipinski definition) is 0. The summed E-state index contributed by atoms with van der Waals surface area (Å²) in [6.45, 7) is 3.77. The van der Waals surface area contributed by atoms with Crippen LogP contribution in [0.1, 0.15) is 32.4 Å². The molecule has 2 aromatic carbocycles. The Morgan fingerprint density at radius 3 is 2.11 bits per heavy atom. The Morgan fingerprint density at radius 1 is 1.05 bits per heavy atom. The van der Waals surface area contributed by atoms with E-state index in [0.29, 0.717) is 10.6 Å². The molecule has 98 valence electrons. The van der Waals surface area contributed by atoms with Crippen LogP contribution in [-0.4, -0.2) is 5.78 Å². The molecule has 0 heterocycles. The summed E-state index contributed by atoms with van der Waals surface area (Å²) >= 11 is 12.4. The van der Waals surface area contributed by atoms with Gasteiger partial charge in [-0.1, -0.05) is 41.9 Å². The standard InChI is InChI=1S/C16H14Cl2O/c1-10-8-13(9-11(2)14(10)17)16(19)15(18)12-6-4-3-5-7-12/h3-9,15H,1-2H3. The lowest BCUT2D eigenvalue weighted by atomic mass is 9.99. The molecular formula is C16H14Cl2O. The van der Waals surface area contributed by atoms with Gasteiger partial charge in [-0.25, -0.2) is 0 Å². The van der Waals surface area contributed by atoms with Crippen LogP contribution in [0.3, 0.4) is 0 Å². The van der Waals surface area contributed by atoms with Crippen molar-refractivity contribution in [3.8, 4) is 0 Å². The molecule has 0 N–H and O–H groups in total. The molecule has 1 unspecified atom stereocenters. The average molecular weight is 293 g/mol. The predicted molar refractivity (Wildman–Crippen MR) is 80.3 cm³/mol. The van der Waals surface area contributed by atoms with Crippen LogP contribution in [0, 0.1) is 13.8 Å². The fourth-order valence-corrected chi connectivity index (χ4v) is 2.39. The maximum atomic E-state index is 12.4. The van der Waals surface area contributed by atoms with Gasteiger partial charge in [0, 0.05) is 10.6 Å². The van der Waals surface area contributed by atoms with Gasteiger partial charge in [-0.2, -0.15) is 0 Å². The number of hydrogen-bond acceptors (Lipinski definition) is 1. The number of carbonyl (C=O) groups excluding carboxylic acids is 1. The van der Waals surface area contributed by atoms with Crippen LogP contribution in [0.15, 0.2) is 42.5 Å². The Labute approximate surface area is 123 Å². The number of halogens is 2. The first kappa shape index (κ1) is 14.1. The van der Waals surface area contributed by atoms with Gasteiger partial charge in [0.15, 0.2) is 5.78 Å². The van der Waals surface area contributed by atoms with Gasteiger partial charge in [0.1, 0.15) is 5.38 Å². The molecule has 0 fully saturated rings. The number of aryl methyl sites for hydroxylation is 2. The van der Waals surface area contributed by atoms with Gasteiger partial charge in [-0.15, -0.1) is 11.6 Å². The molecule has 2 aromatic rings. The molecule has 0 amide bonds. The van der Waals surface area contributed by atoms with Crippen LogP contribution in [0.4, 0.5) is 0 Å². The fourth-order valence-electron chi connectivity index (χ4n) is 2.01. The first-order valence-corrected chi connectivity index (χ1v) is 6.82. The first-order valence-electron chi connectivity index (χ1n) is 6.00. The monoisotopic (exact) mass is 292 g/mol. The Hall–Kier alpha value is -1.31. The van der Waals surface area contributed by atoms with Crippen molar-refractivity contribution in [1.29, 1.82) is 0 Å². The van der Waals surface area contributed by atoms with Gasteiger partial charge in [0.25, 0.3) is 0 Å². The van der Waals surface area contributed by atoms with Gasteiger partial charge >= 0.3 is 0 Å². The van der Waals surface area contributed by atoms with Crippen molar-refractivity contribution in [1.82, 2.24) is 0 Å². The lowest BCUT2D eigenvalue weighted by molar-refractivity contribution is 0.0987. The molecule has 0 aliphatic heterocycles. The van der Waals surface area contributed by atoms with E-state index >= 15 is 0 Å². The molecule has 0 radical (unpaired) electrons. The average Bonchev–Trinajstić information content (AvgIpc) is 2.43. The van der Waals surface area contributed by atoms with Crippen LogP contribution in [0.2, 0.25) is 5.02 Å². The van der Waals surface area contributed by atoms with Gasteiger partial charge in [0.2, 0.25) is 0 Å². The topological polar surface area (TPSA) is 17.1 Å². The number of rotatable bonds is 3. The molecular weight excluding hydrogens is 279 g/mol. The van der Waals surface area contributed by atoms with E-state index in [1.807, 2.05) is 44.2 Å². The fraction of sp³-hybridized carbons (Fsp3) is 0.188. The molecule has 1 nitrogen and oxygen atoms in total. The van der Waals surface area contributed by atoms with Gasteiger partial charge in [-0.3, -0.25) is 4.79 Å². The largest absolute Gasteiger partial charge is 0.292 e. The summed E-state index contributed by atoms with van der Waals surface area (Å²) < 4.78 is 0. The van der Waals surface area contributed by atoms with Crippen molar-refractivity contribution in [2.45, 2.75) is 19.2 Å². The highest BCUT2D eigenvalue weighted by Gasteiger charge is 2.20. The zero-order valence-electron chi connectivity index (χ0n) is 10.8. The minimum atomic E-state index is -0.666. The summed E-state index contributed by atoms with van der Waals surface area (Å²) in [5.41, 5.74) is 3.19. The maximum absolute atomic E-state index is 12.4. The second-order valence-electron chi connectivity index (χ2n) is 4.56. The first-order chi connectivity index (χ1) is 9.00. The molecule has 1 atom stereocenters. The summed E-state index contributed by atoms with van der Waals surface area (Å²) in [5.74, 6) is -0.101. The molecule has 0 bridgehead atoms. The Bertz CT molecular complexity index is 582. The van der Waals surface area contributed by atoms with E-state index in [4.69, 9.17) is 23.2 Å². The zero-order valence-corrected chi connectivity index (χ0v) is 12.3. The third kappa shape index (κ3) is 2.99. The highest BCUT2D eigenvalue weighted by atomic mass is 35.5. The summed E-state index contributed by atoms with van der Waals surface area (Å²) in [5, 5.41) is 0.0311. The van der Waals surface area contributed by atoms with Crippen molar-refractivity contribution < 1.29 is 4.79 Å². The van der Waals surface area contributed by atoms with Crippen molar-refractivity contribution in [3.05, 3.63) is 69.7 Å². The van der Waals surface area contributed by atoms with E-state index in [1.165, 1.54) is 0 Å². The molecule has 0 aliphatic rings. The van der Waals surface area contributed by atoms with Crippen molar-refractivity contribution in [2.75, 3.05) is 0 Å². The molecule has 19 heavy (non-hydrogen) atoms. The Morgan fingerprint density at radius 2 is 1.58 bits per heavy atom. The van der Waals surface area contributed by atoms with Crippen LogP contribution >= 0.6 is 23.2 Å². The molecule has 0 aromatic heterocycles. The highest BCUT2D eigenvalue weighted by Crippen LogP contribution is 2.28. The normalized spacial score (nSPS) is 12.2. The third-order valence-electron chi connectivity index (χ3n) is 3.04. The van der Waals surface area contributed by atoms with Gasteiger partial charge in [0.05, 0.1) is 0 Å². The van der Waals surface area contributed by atoms with Crippen molar-refractivity contribution >= 4 is 29.0 Å². The minimum Gasteiger partial charge on any atom is -0.292 e. The minimum absolute atomic E-state index is 0.101. The van der Waals surface area contributed by atoms with E-state index in [-0.39, 0.29) is 5.78 Å². The molecule has 0 saturated heterocycles. The molecule has 0 spiro atoms. The number of ketones is 1. The maximum Gasteiger partial charge on any atom is 0.185 e. The smallest absolute Gasteiger partial charge is 0.185 e. The van der Waals surface area contributed by atoms with E-state index in [1.54, 1.807) is 12.1 Å². The van der Waals surface area contributed by atoms with Crippen molar-refractivity contribution in [3.63, 3.8) is 0 Å². The van der Waals surface area contributed by atoms with E-state index < -0.39 is 5.38 Å².